The summed E-state index contributed by atoms with van der Waals surface area (Å²) in [7, 11) is 0. The number of aromatic nitrogens is 2. The Morgan fingerprint density at radius 2 is 2.15 bits per heavy atom. The van der Waals surface area contributed by atoms with E-state index in [1.807, 2.05) is 19.1 Å². The van der Waals surface area contributed by atoms with Gasteiger partial charge in [-0.2, -0.15) is 0 Å². The second-order valence-corrected chi connectivity index (χ2v) is 7.50. The van der Waals surface area contributed by atoms with Crippen LogP contribution in [-0.2, 0) is 11.2 Å². The highest BCUT2D eigenvalue weighted by atomic mass is 32.2. The van der Waals surface area contributed by atoms with Gasteiger partial charge in [-0.15, -0.1) is 16.8 Å². The van der Waals surface area contributed by atoms with Gasteiger partial charge in [-0.1, -0.05) is 54.3 Å². The molecule has 0 atom stereocenters. The maximum absolute atomic E-state index is 11.7. The number of thioether (sulfide) groups is 1. The highest BCUT2D eigenvalue weighted by Crippen LogP contribution is 2.30. The van der Waals surface area contributed by atoms with Crippen molar-refractivity contribution in [3.63, 3.8) is 0 Å². The number of anilines is 2. The zero-order valence-corrected chi connectivity index (χ0v) is 16.3. The van der Waals surface area contributed by atoms with Crippen LogP contribution in [0.15, 0.2) is 35.2 Å². The van der Waals surface area contributed by atoms with Crippen molar-refractivity contribution < 1.29 is 9.59 Å². The van der Waals surface area contributed by atoms with Gasteiger partial charge in [-0.05, 0) is 24.5 Å². The molecule has 0 radical (unpaired) electrons. The Kier molecular flexibility index (Phi) is 7.61. The first kappa shape index (κ1) is 19.9. The van der Waals surface area contributed by atoms with Gasteiger partial charge in [0.25, 0.3) is 0 Å². The van der Waals surface area contributed by atoms with Crippen LogP contribution in [0.3, 0.4) is 0 Å². The van der Waals surface area contributed by atoms with E-state index in [1.165, 1.54) is 34.7 Å². The van der Waals surface area contributed by atoms with Crippen molar-refractivity contribution >= 4 is 45.9 Å². The lowest BCUT2D eigenvalue weighted by Gasteiger charge is -2.11. The third-order valence-corrected chi connectivity index (χ3v) is 5.34. The Labute approximate surface area is 160 Å². The molecule has 26 heavy (non-hydrogen) atoms. The molecule has 0 aliphatic carbocycles. The standard InChI is InChI=1S/C17H21N5O2S2/c1-4-9-18-15(24)19-13(23)10-25-17-22-21-16(26-17)20-14-11(3)7-6-8-12(14)5-2/h4,6-8H,1,5,9-10H2,2-3H3,(H,20,21)(H2,18,19,23,24). The molecule has 9 heteroatoms. The van der Waals surface area contributed by atoms with Crippen molar-refractivity contribution in [1.82, 2.24) is 20.8 Å². The molecule has 1 aromatic heterocycles. The van der Waals surface area contributed by atoms with Gasteiger partial charge in [-0.25, -0.2) is 4.79 Å². The van der Waals surface area contributed by atoms with Crippen molar-refractivity contribution in [2.75, 3.05) is 17.6 Å². The molecule has 0 aliphatic heterocycles. The average Bonchev–Trinajstić information content (AvgIpc) is 3.07. The number of imide groups is 1. The molecular formula is C17H21N5O2S2. The quantitative estimate of drug-likeness (QED) is 0.472. The van der Waals surface area contributed by atoms with E-state index in [4.69, 9.17) is 0 Å². The molecule has 1 heterocycles. The fourth-order valence-electron chi connectivity index (χ4n) is 2.13. The summed E-state index contributed by atoms with van der Waals surface area (Å²) in [6.45, 7) is 7.93. The Morgan fingerprint density at radius 3 is 2.88 bits per heavy atom. The summed E-state index contributed by atoms with van der Waals surface area (Å²) in [5.41, 5.74) is 3.39. The second-order valence-electron chi connectivity index (χ2n) is 5.30. The summed E-state index contributed by atoms with van der Waals surface area (Å²) in [6, 6.07) is 5.61. The molecule has 7 nitrogen and oxygen atoms in total. The molecule has 0 saturated heterocycles. The van der Waals surface area contributed by atoms with E-state index < -0.39 is 11.9 Å². The molecule has 0 aliphatic rings. The van der Waals surface area contributed by atoms with Crippen molar-refractivity contribution in [1.29, 1.82) is 0 Å². The molecule has 0 spiro atoms. The van der Waals surface area contributed by atoms with Crippen LogP contribution in [0.4, 0.5) is 15.6 Å². The summed E-state index contributed by atoms with van der Waals surface area (Å²) in [5.74, 6) is -0.311. The molecule has 0 saturated carbocycles. The normalized spacial score (nSPS) is 10.2. The summed E-state index contributed by atoms with van der Waals surface area (Å²) in [6.07, 6.45) is 2.45. The van der Waals surface area contributed by atoms with Crippen LogP contribution in [0.2, 0.25) is 0 Å². The molecule has 2 rings (SSSR count). The zero-order chi connectivity index (χ0) is 18.9. The number of amides is 3. The third kappa shape index (κ3) is 5.85. The SMILES string of the molecule is C=CCNC(=O)NC(=O)CSc1nnc(Nc2c(C)cccc2CC)s1. The molecule has 138 valence electrons. The van der Waals surface area contributed by atoms with Gasteiger partial charge in [0.05, 0.1) is 5.75 Å². The van der Waals surface area contributed by atoms with Gasteiger partial charge in [0, 0.05) is 12.2 Å². The average molecular weight is 392 g/mol. The molecule has 0 unspecified atom stereocenters. The number of aryl methyl sites for hydroxylation is 2. The third-order valence-electron chi connectivity index (χ3n) is 3.37. The zero-order valence-electron chi connectivity index (χ0n) is 14.7. The predicted molar refractivity (Wildman–Crippen MR) is 106 cm³/mol. The minimum absolute atomic E-state index is 0.0840. The van der Waals surface area contributed by atoms with Crippen LogP contribution in [0.5, 0.6) is 0 Å². The van der Waals surface area contributed by atoms with Gasteiger partial charge < -0.3 is 10.6 Å². The highest BCUT2D eigenvalue weighted by molar-refractivity contribution is 8.01. The minimum Gasteiger partial charge on any atom is -0.334 e. The molecule has 0 fully saturated rings. The first-order valence-corrected chi connectivity index (χ1v) is 9.84. The topological polar surface area (TPSA) is 96.0 Å². The van der Waals surface area contributed by atoms with Crippen LogP contribution in [0, 0.1) is 6.92 Å². The summed E-state index contributed by atoms with van der Waals surface area (Å²) in [5, 5.41) is 16.9. The van der Waals surface area contributed by atoms with Crippen LogP contribution < -0.4 is 16.0 Å². The van der Waals surface area contributed by atoms with Crippen molar-refractivity contribution in [3.8, 4) is 0 Å². The van der Waals surface area contributed by atoms with Crippen molar-refractivity contribution in [2.24, 2.45) is 0 Å². The van der Waals surface area contributed by atoms with Crippen LogP contribution in [-0.4, -0.2) is 34.4 Å². The number of benzene rings is 1. The first-order valence-electron chi connectivity index (χ1n) is 8.03. The Balaban J connectivity index is 1.89. The van der Waals surface area contributed by atoms with Gasteiger partial charge in [-0.3, -0.25) is 10.1 Å². The van der Waals surface area contributed by atoms with E-state index in [2.05, 4.69) is 45.7 Å². The summed E-state index contributed by atoms with van der Waals surface area (Å²) >= 11 is 2.60. The Bertz CT molecular complexity index is 791. The summed E-state index contributed by atoms with van der Waals surface area (Å²) in [4.78, 5) is 23.1. The lowest BCUT2D eigenvalue weighted by Crippen LogP contribution is -2.40. The lowest BCUT2D eigenvalue weighted by atomic mass is 10.1. The largest absolute Gasteiger partial charge is 0.334 e. The van der Waals surface area contributed by atoms with Crippen LogP contribution in [0.1, 0.15) is 18.1 Å². The number of nitrogens with one attached hydrogen (secondary N) is 3. The number of para-hydroxylation sites is 1. The summed E-state index contributed by atoms with van der Waals surface area (Å²) < 4.78 is 0.654. The maximum Gasteiger partial charge on any atom is 0.321 e. The molecule has 2 aromatic rings. The van der Waals surface area contributed by atoms with E-state index >= 15 is 0 Å². The van der Waals surface area contributed by atoms with E-state index in [0.29, 0.717) is 16.0 Å². The molecule has 0 bridgehead atoms. The van der Waals surface area contributed by atoms with E-state index in [0.717, 1.165) is 17.7 Å². The Hall–Kier alpha value is -2.39. The number of carbonyl (C=O) groups excluding carboxylic acids is 2. The van der Waals surface area contributed by atoms with Crippen molar-refractivity contribution in [3.05, 3.63) is 42.0 Å². The van der Waals surface area contributed by atoms with E-state index in [1.54, 1.807) is 0 Å². The fourth-order valence-corrected chi connectivity index (χ4v) is 3.68. The number of urea groups is 1. The Morgan fingerprint density at radius 1 is 1.35 bits per heavy atom. The fraction of sp³-hybridized carbons (Fsp3) is 0.294. The maximum atomic E-state index is 11.7. The number of rotatable bonds is 8. The van der Waals surface area contributed by atoms with Gasteiger partial charge in [0.15, 0.2) is 4.34 Å². The van der Waals surface area contributed by atoms with Crippen LogP contribution >= 0.6 is 23.1 Å². The predicted octanol–water partition coefficient (Wildman–Crippen LogP) is 3.26. The van der Waals surface area contributed by atoms with Crippen molar-refractivity contribution in [2.45, 2.75) is 24.6 Å². The van der Waals surface area contributed by atoms with E-state index in [-0.39, 0.29) is 5.75 Å². The number of hydrogen-bond donors (Lipinski definition) is 3. The first-order chi connectivity index (χ1) is 12.5. The van der Waals surface area contributed by atoms with E-state index in [9.17, 15) is 9.59 Å². The highest BCUT2D eigenvalue weighted by Gasteiger charge is 2.12. The minimum atomic E-state index is -0.540. The molecular weight excluding hydrogens is 370 g/mol. The van der Waals surface area contributed by atoms with Gasteiger partial charge in [0.2, 0.25) is 11.0 Å². The molecule has 3 N–H and O–H groups in total. The number of nitrogens with zero attached hydrogens (tertiary/aromatic N) is 2. The second kappa shape index (κ2) is 9.93. The van der Waals surface area contributed by atoms with Gasteiger partial charge in [0.1, 0.15) is 0 Å². The lowest BCUT2D eigenvalue weighted by molar-refractivity contribution is -0.117. The number of carbonyl (C=O) groups is 2. The molecule has 1 aromatic carbocycles. The monoisotopic (exact) mass is 391 g/mol. The smallest absolute Gasteiger partial charge is 0.321 e. The number of hydrogen-bond acceptors (Lipinski definition) is 7. The van der Waals surface area contributed by atoms with Crippen LogP contribution in [0.25, 0.3) is 0 Å². The van der Waals surface area contributed by atoms with Gasteiger partial charge >= 0.3 is 6.03 Å². The molecule has 3 amide bonds.